The van der Waals surface area contributed by atoms with Crippen molar-refractivity contribution in [1.82, 2.24) is 0 Å². The molecule has 0 saturated carbocycles. The number of benzene rings is 1. The SMILES string of the molecule is Cc1ccc(Cl)cc1NC(=O)CSCCC#N. The normalized spacial score (nSPS) is 9.71. The van der Waals surface area contributed by atoms with Gasteiger partial charge in [0.2, 0.25) is 5.91 Å². The Morgan fingerprint density at radius 2 is 2.35 bits per heavy atom. The van der Waals surface area contributed by atoms with E-state index in [-0.39, 0.29) is 5.91 Å². The predicted molar refractivity (Wildman–Crippen MR) is 72.4 cm³/mol. The summed E-state index contributed by atoms with van der Waals surface area (Å²) < 4.78 is 0. The van der Waals surface area contributed by atoms with Crippen LogP contribution in [-0.2, 0) is 4.79 Å². The third-order valence-corrected chi connectivity index (χ3v) is 3.26. The van der Waals surface area contributed by atoms with Crippen LogP contribution in [0.1, 0.15) is 12.0 Å². The third kappa shape index (κ3) is 5.12. The number of aryl methyl sites for hydroxylation is 1. The molecule has 90 valence electrons. The lowest BCUT2D eigenvalue weighted by Crippen LogP contribution is -2.15. The summed E-state index contributed by atoms with van der Waals surface area (Å²) >= 11 is 7.30. The maximum atomic E-state index is 11.6. The molecular formula is C12H13ClN2OS. The van der Waals surface area contributed by atoms with Crippen LogP contribution in [0.15, 0.2) is 18.2 Å². The first kappa shape index (κ1) is 13.9. The van der Waals surface area contributed by atoms with E-state index in [9.17, 15) is 4.79 Å². The number of hydrogen-bond donors (Lipinski definition) is 1. The van der Waals surface area contributed by atoms with Crippen molar-refractivity contribution in [2.75, 3.05) is 16.8 Å². The largest absolute Gasteiger partial charge is 0.325 e. The Balaban J connectivity index is 2.45. The highest BCUT2D eigenvalue weighted by atomic mass is 35.5. The molecule has 5 heteroatoms. The van der Waals surface area contributed by atoms with Crippen LogP contribution in [0, 0.1) is 18.3 Å². The van der Waals surface area contributed by atoms with E-state index in [1.165, 1.54) is 11.8 Å². The number of thioether (sulfide) groups is 1. The van der Waals surface area contributed by atoms with Crippen molar-refractivity contribution < 1.29 is 4.79 Å². The topological polar surface area (TPSA) is 52.9 Å². The minimum atomic E-state index is -0.0710. The van der Waals surface area contributed by atoms with Gasteiger partial charge >= 0.3 is 0 Å². The molecule has 0 atom stereocenters. The van der Waals surface area contributed by atoms with Crippen LogP contribution < -0.4 is 5.32 Å². The Hall–Kier alpha value is -1.18. The minimum Gasteiger partial charge on any atom is -0.325 e. The van der Waals surface area contributed by atoms with Gasteiger partial charge in [0, 0.05) is 22.9 Å². The van der Waals surface area contributed by atoms with E-state index in [0.29, 0.717) is 22.9 Å². The summed E-state index contributed by atoms with van der Waals surface area (Å²) in [5, 5.41) is 11.8. The molecule has 0 aliphatic rings. The van der Waals surface area contributed by atoms with Crippen LogP contribution in [0.25, 0.3) is 0 Å². The fraction of sp³-hybridized carbons (Fsp3) is 0.333. The second kappa shape index (κ2) is 7.21. The molecule has 0 aliphatic carbocycles. The summed E-state index contributed by atoms with van der Waals surface area (Å²) in [7, 11) is 0. The standard InChI is InChI=1S/C12H13ClN2OS/c1-9-3-4-10(13)7-11(9)15-12(16)8-17-6-2-5-14/h3-4,7H,2,6,8H2,1H3,(H,15,16). The molecule has 0 spiro atoms. The first-order valence-corrected chi connectivity index (χ1v) is 6.67. The summed E-state index contributed by atoms with van der Waals surface area (Å²) in [5.74, 6) is 0.963. The zero-order chi connectivity index (χ0) is 12.7. The smallest absolute Gasteiger partial charge is 0.234 e. The summed E-state index contributed by atoms with van der Waals surface area (Å²) in [6.07, 6.45) is 0.466. The molecule has 0 heterocycles. The van der Waals surface area contributed by atoms with Crippen LogP contribution in [-0.4, -0.2) is 17.4 Å². The predicted octanol–water partition coefficient (Wildman–Crippen LogP) is 3.23. The zero-order valence-electron chi connectivity index (χ0n) is 9.50. The lowest BCUT2D eigenvalue weighted by Gasteiger charge is -2.08. The van der Waals surface area contributed by atoms with Crippen LogP contribution in [0.4, 0.5) is 5.69 Å². The van der Waals surface area contributed by atoms with E-state index in [4.69, 9.17) is 16.9 Å². The van der Waals surface area contributed by atoms with E-state index >= 15 is 0 Å². The summed E-state index contributed by atoms with van der Waals surface area (Å²) in [5.41, 5.74) is 1.72. The molecule has 1 rings (SSSR count). The Kier molecular flexibility index (Phi) is 5.88. The van der Waals surface area contributed by atoms with Crippen molar-refractivity contribution in [3.8, 4) is 6.07 Å². The second-order valence-corrected chi connectivity index (χ2v) is 5.01. The van der Waals surface area contributed by atoms with E-state index < -0.39 is 0 Å². The molecule has 3 nitrogen and oxygen atoms in total. The lowest BCUT2D eigenvalue weighted by atomic mass is 10.2. The molecule has 17 heavy (non-hydrogen) atoms. The Labute approximate surface area is 110 Å². The van der Waals surface area contributed by atoms with Crippen molar-refractivity contribution in [1.29, 1.82) is 5.26 Å². The number of carbonyl (C=O) groups excluding carboxylic acids is 1. The lowest BCUT2D eigenvalue weighted by molar-refractivity contribution is -0.113. The molecule has 1 aromatic carbocycles. The molecular weight excluding hydrogens is 256 g/mol. The highest BCUT2D eigenvalue weighted by Crippen LogP contribution is 2.20. The van der Waals surface area contributed by atoms with Crippen molar-refractivity contribution in [3.05, 3.63) is 28.8 Å². The van der Waals surface area contributed by atoms with Gasteiger partial charge in [0.05, 0.1) is 11.8 Å². The van der Waals surface area contributed by atoms with Crippen molar-refractivity contribution in [3.63, 3.8) is 0 Å². The van der Waals surface area contributed by atoms with Crippen LogP contribution in [0.5, 0.6) is 0 Å². The molecule has 1 aromatic rings. The number of carbonyl (C=O) groups is 1. The van der Waals surface area contributed by atoms with Crippen LogP contribution in [0.2, 0.25) is 5.02 Å². The van der Waals surface area contributed by atoms with Gasteiger partial charge in [-0.05, 0) is 24.6 Å². The van der Waals surface area contributed by atoms with Crippen molar-refractivity contribution >= 4 is 35.0 Å². The summed E-state index contributed by atoms with van der Waals surface area (Å²) in [6.45, 7) is 1.91. The van der Waals surface area contributed by atoms with Gasteiger partial charge in [-0.15, -0.1) is 0 Å². The number of rotatable bonds is 5. The van der Waals surface area contributed by atoms with Crippen LogP contribution in [0.3, 0.4) is 0 Å². The van der Waals surface area contributed by atoms with Crippen molar-refractivity contribution in [2.24, 2.45) is 0 Å². The number of nitrogens with zero attached hydrogens (tertiary/aromatic N) is 1. The number of amides is 1. The molecule has 0 aromatic heterocycles. The summed E-state index contributed by atoms with van der Waals surface area (Å²) in [4.78, 5) is 11.6. The number of nitrogens with one attached hydrogen (secondary N) is 1. The molecule has 1 amide bonds. The number of hydrogen-bond acceptors (Lipinski definition) is 3. The molecule has 0 radical (unpaired) electrons. The first-order chi connectivity index (χ1) is 8.13. The fourth-order valence-corrected chi connectivity index (χ4v) is 2.01. The highest BCUT2D eigenvalue weighted by molar-refractivity contribution is 7.99. The quantitative estimate of drug-likeness (QED) is 0.834. The van der Waals surface area contributed by atoms with Gasteiger partial charge < -0.3 is 5.32 Å². The average Bonchev–Trinajstić information content (AvgIpc) is 2.29. The van der Waals surface area contributed by atoms with Gasteiger partial charge in [0.1, 0.15) is 0 Å². The molecule has 0 fully saturated rings. The second-order valence-electron chi connectivity index (χ2n) is 3.47. The highest BCUT2D eigenvalue weighted by Gasteiger charge is 2.05. The van der Waals surface area contributed by atoms with E-state index in [2.05, 4.69) is 5.32 Å². The molecule has 0 bridgehead atoms. The van der Waals surface area contributed by atoms with Crippen molar-refractivity contribution in [2.45, 2.75) is 13.3 Å². The van der Waals surface area contributed by atoms with Gasteiger partial charge in [-0.3, -0.25) is 4.79 Å². The zero-order valence-corrected chi connectivity index (χ0v) is 11.1. The van der Waals surface area contributed by atoms with E-state index in [0.717, 1.165) is 11.3 Å². The van der Waals surface area contributed by atoms with Gasteiger partial charge in [0.15, 0.2) is 0 Å². The van der Waals surface area contributed by atoms with Gasteiger partial charge in [0.25, 0.3) is 0 Å². The van der Waals surface area contributed by atoms with E-state index in [1.54, 1.807) is 12.1 Å². The number of halogens is 1. The fourth-order valence-electron chi connectivity index (χ4n) is 1.20. The molecule has 0 unspecified atom stereocenters. The monoisotopic (exact) mass is 268 g/mol. The third-order valence-electron chi connectivity index (χ3n) is 2.07. The average molecular weight is 269 g/mol. The maximum absolute atomic E-state index is 11.6. The number of nitriles is 1. The Morgan fingerprint density at radius 3 is 3.06 bits per heavy atom. The van der Waals surface area contributed by atoms with E-state index in [1.807, 2.05) is 19.1 Å². The van der Waals surface area contributed by atoms with Gasteiger partial charge in [-0.2, -0.15) is 17.0 Å². The minimum absolute atomic E-state index is 0.0710. The summed E-state index contributed by atoms with van der Waals surface area (Å²) in [6, 6.07) is 7.42. The van der Waals surface area contributed by atoms with Crippen LogP contribution >= 0.6 is 23.4 Å². The molecule has 0 saturated heterocycles. The van der Waals surface area contributed by atoms with Gasteiger partial charge in [-0.25, -0.2) is 0 Å². The molecule has 1 N–H and O–H groups in total. The number of anilines is 1. The molecule has 0 aliphatic heterocycles. The maximum Gasteiger partial charge on any atom is 0.234 e. The Bertz CT molecular complexity index is 443. The van der Waals surface area contributed by atoms with Gasteiger partial charge in [-0.1, -0.05) is 17.7 Å². The first-order valence-electron chi connectivity index (χ1n) is 5.14. The Morgan fingerprint density at radius 1 is 1.59 bits per heavy atom.